The zero-order chi connectivity index (χ0) is 11.4. The Hall–Kier alpha value is -0.650. The van der Waals surface area contributed by atoms with Crippen molar-refractivity contribution in [1.29, 1.82) is 0 Å². The van der Waals surface area contributed by atoms with Crippen LogP contribution in [-0.2, 0) is 9.53 Å². The maximum absolute atomic E-state index is 12.1. The van der Waals surface area contributed by atoms with E-state index in [0.717, 1.165) is 25.8 Å². The summed E-state index contributed by atoms with van der Waals surface area (Å²) in [6, 6.07) is -0.0220. The second kappa shape index (κ2) is 5.61. The van der Waals surface area contributed by atoms with E-state index in [4.69, 9.17) is 9.84 Å². The molecule has 2 atom stereocenters. The Labute approximate surface area is 95.8 Å². The first kappa shape index (κ1) is 11.8. The van der Waals surface area contributed by atoms with Crippen LogP contribution in [0.1, 0.15) is 19.3 Å². The number of hydrogen-bond donors (Lipinski definition) is 2. The lowest BCUT2D eigenvalue weighted by atomic mass is 10.0. The van der Waals surface area contributed by atoms with Crippen LogP contribution in [0.4, 0.5) is 0 Å². The van der Waals surface area contributed by atoms with Gasteiger partial charge < -0.3 is 20.1 Å². The molecule has 1 amide bonds. The molecule has 16 heavy (non-hydrogen) atoms. The van der Waals surface area contributed by atoms with Gasteiger partial charge in [0.1, 0.15) is 0 Å². The molecule has 0 aromatic carbocycles. The van der Waals surface area contributed by atoms with Crippen molar-refractivity contribution in [1.82, 2.24) is 10.2 Å². The summed E-state index contributed by atoms with van der Waals surface area (Å²) in [5.74, 6) is 0.168. The molecule has 2 heterocycles. The Morgan fingerprint density at radius 2 is 2.38 bits per heavy atom. The molecule has 0 aromatic rings. The third-order valence-corrected chi connectivity index (χ3v) is 3.26. The van der Waals surface area contributed by atoms with Gasteiger partial charge in [-0.25, -0.2) is 0 Å². The predicted molar refractivity (Wildman–Crippen MR) is 59.0 cm³/mol. The molecule has 2 aliphatic heterocycles. The lowest BCUT2D eigenvalue weighted by Crippen LogP contribution is -2.54. The summed E-state index contributed by atoms with van der Waals surface area (Å²) in [7, 11) is 0. The highest BCUT2D eigenvalue weighted by molar-refractivity contribution is 5.82. The van der Waals surface area contributed by atoms with E-state index in [9.17, 15) is 4.79 Å². The predicted octanol–water partition coefficient (Wildman–Crippen LogP) is -0.652. The van der Waals surface area contributed by atoms with Gasteiger partial charge in [0.2, 0.25) is 5.91 Å². The normalized spacial score (nSPS) is 31.4. The maximum atomic E-state index is 12.1. The van der Waals surface area contributed by atoms with Gasteiger partial charge in [0, 0.05) is 13.1 Å². The van der Waals surface area contributed by atoms with Crippen molar-refractivity contribution in [3.05, 3.63) is 0 Å². The van der Waals surface area contributed by atoms with Crippen LogP contribution < -0.4 is 5.32 Å². The number of rotatable bonds is 2. The molecule has 0 spiro atoms. The first-order chi connectivity index (χ1) is 7.81. The molecule has 2 N–H and O–H groups in total. The topological polar surface area (TPSA) is 61.8 Å². The molecule has 0 aliphatic carbocycles. The van der Waals surface area contributed by atoms with E-state index in [-0.39, 0.29) is 24.7 Å². The Morgan fingerprint density at radius 1 is 1.50 bits per heavy atom. The zero-order valence-electron chi connectivity index (χ0n) is 9.52. The van der Waals surface area contributed by atoms with Gasteiger partial charge in [0.05, 0.1) is 25.4 Å². The summed E-state index contributed by atoms with van der Waals surface area (Å²) >= 11 is 0. The number of carbonyl (C=O) groups excluding carboxylic acids is 1. The molecule has 0 aromatic heterocycles. The third kappa shape index (κ3) is 2.72. The van der Waals surface area contributed by atoms with E-state index < -0.39 is 0 Å². The van der Waals surface area contributed by atoms with Gasteiger partial charge in [-0.1, -0.05) is 6.42 Å². The van der Waals surface area contributed by atoms with Crippen molar-refractivity contribution < 1.29 is 14.6 Å². The van der Waals surface area contributed by atoms with Crippen molar-refractivity contribution >= 4 is 5.91 Å². The van der Waals surface area contributed by atoms with Crippen LogP contribution in [0.3, 0.4) is 0 Å². The standard InChI is InChI=1S/C11H20N2O3/c14-8-9-7-13(5-6-16-9)11(15)10-3-1-2-4-12-10/h9-10,12,14H,1-8H2/t9?,10-/m0/s1. The van der Waals surface area contributed by atoms with Crippen molar-refractivity contribution in [2.45, 2.75) is 31.4 Å². The number of aliphatic hydroxyl groups is 1. The highest BCUT2D eigenvalue weighted by Crippen LogP contribution is 2.12. The van der Waals surface area contributed by atoms with Gasteiger partial charge in [-0.15, -0.1) is 0 Å². The minimum Gasteiger partial charge on any atom is -0.394 e. The Morgan fingerprint density at radius 3 is 3.06 bits per heavy atom. The minimum absolute atomic E-state index is 0.0120. The highest BCUT2D eigenvalue weighted by atomic mass is 16.5. The van der Waals surface area contributed by atoms with Gasteiger partial charge in [-0.2, -0.15) is 0 Å². The SMILES string of the molecule is O=C([C@@H]1CCCCN1)N1CCOC(CO)C1. The molecule has 0 saturated carbocycles. The molecule has 0 bridgehead atoms. The molecule has 2 saturated heterocycles. The molecule has 5 heteroatoms. The van der Waals surface area contributed by atoms with Gasteiger partial charge in [0.25, 0.3) is 0 Å². The van der Waals surface area contributed by atoms with Gasteiger partial charge in [-0.3, -0.25) is 4.79 Å². The van der Waals surface area contributed by atoms with E-state index in [2.05, 4.69) is 5.32 Å². The molecule has 2 rings (SSSR count). The summed E-state index contributed by atoms with van der Waals surface area (Å²) in [6.45, 7) is 2.62. The van der Waals surface area contributed by atoms with E-state index in [0.29, 0.717) is 19.7 Å². The quantitative estimate of drug-likeness (QED) is 0.659. The Kier molecular flexibility index (Phi) is 4.15. The van der Waals surface area contributed by atoms with Crippen LogP contribution >= 0.6 is 0 Å². The largest absolute Gasteiger partial charge is 0.394 e. The smallest absolute Gasteiger partial charge is 0.239 e. The summed E-state index contributed by atoms with van der Waals surface area (Å²) in [4.78, 5) is 14.0. The number of morpholine rings is 1. The molecule has 2 fully saturated rings. The number of nitrogens with one attached hydrogen (secondary N) is 1. The number of piperidine rings is 1. The van der Waals surface area contributed by atoms with Crippen molar-refractivity contribution in [2.75, 3.05) is 32.8 Å². The second-order valence-corrected chi connectivity index (χ2v) is 4.46. The van der Waals surface area contributed by atoms with Crippen LogP contribution in [-0.4, -0.2) is 60.9 Å². The number of amides is 1. The lowest BCUT2D eigenvalue weighted by molar-refractivity contribution is -0.143. The summed E-state index contributed by atoms with van der Waals surface area (Å²) in [5, 5.41) is 12.3. The average molecular weight is 228 g/mol. The fraction of sp³-hybridized carbons (Fsp3) is 0.909. The second-order valence-electron chi connectivity index (χ2n) is 4.46. The number of ether oxygens (including phenoxy) is 1. The highest BCUT2D eigenvalue weighted by Gasteiger charge is 2.29. The number of nitrogens with zero attached hydrogens (tertiary/aromatic N) is 1. The Balaban J connectivity index is 1.87. The average Bonchev–Trinajstić information content (AvgIpc) is 2.39. The van der Waals surface area contributed by atoms with Crippen LogP contribution in [0.15, 0.2) is 0 Å². The summed E-state index contributed by atoms with van der Waals surface area (Å²) in [5.41, 5.74) is 0. The maximum Gasteiger partial charge on any atom is 0.239 e. The monoisotopic (exact) mass is 228 g/mol. The van der Waals surface area contributed by atoms with E-state index in [1.165, 1.54) is 0 Å². The van der Waals surface area contributed by atoms with Crippen molar-refractivity contribution in [3.63, 3.8) is 0 Å². The zero-order valence-corrected chi connectivity index (χ0v) is 9.52. The van der Waals surface area contributed by atoms with E-state index >= 15 is 0 Å². The first-order valence-electron chi connectivity index (χ1n) is 6.06. The fourth-order valence-corrected chi connectivity index (χ4v) is 2.31. The van der Waals surface area contributed by atoms with Gasteiger partial charge in [0.15, 0.2) is 0 Å². The van der Waals surface area contributed by atoms with Gasteiger partial charge >= 0.3 is 0 Å². The Bertz CT molecular complexity index is 241. The fourth-order valence-electron chi connectivity index (χ4n) is 2.31. The number of carbonyl (C=O) groups is 1. The molecule has 0 radical (unpaired) electrons. The van der Waals surface area contributed by atoms with Crippen LogP contribution in [0, 0.1) is 0 Å². The van der Waals surface area contributed by atoms with E-state index in [1.54, 1.807) is 0 Å². The summed E-state index contributed by atoms with van der Waals surface area (Å²) < 4.78 is 5.33. The summed E-state index contributed by atoms with van der Waals surface area (Å²) in [6.07, 6.45) is 3.00. The van der Waals surface area contributed by atoms with Crippen LogP contribution in [0.2, 0.25) is 0 Å². The lowest BCUT2D eigenvalue weighted by Gasteiger charge is -2.35. The molecule has 92 valence electrons. The molecular formula is C11H20N2O3. The van der Waals surface area contributed by atoms with Gasteiger partial charge in [-0.05, 0) is 19.4 Å². The van der Waals surface area contributed by atoms with Crippen LogP contribution in [0.5, 0.6) is 0 Å². The molecular weight excluding hydrogens is 208 g/mol. The molecule has 1 unspecified atom stereocenters. The molecule has 2 aliphatic rings. The van der Waals surface area contributed by atoms with Crippen molar-refractivity contribution in [2.24, 2.45) is 0 Å². The van der Waals surface area contributed by atoms with Crippen molar-refractivity contribution in [3.8, 4) is 0 Å². The number of aliphatic hydroxyl groups excluding tert-OH is 1. The van der Waals surface area contributed by atoms with E-state index in [1.807, 2.05) is 4.90 Å². The molecule has 5 nitrogen and oxygen atoms in total. The first-order valence-corrected chi connectivity index (χ1v) is 6.06. The number of hydrogen-bond acceptors (Lipinski definition) is 4. The minimum atomic E-state index is -0.207. The van der Waals surface area contributed by atoms with Crippen LogP contribution in [0.25, 0.3) is 0 Å². The third-order valence-electron chi connectivity index (χ3n) is 3.26.